The molecule has 0 radical (unpaired) electrons. The zero-order valence-corrected chi connectivity index (χ0v) is 13.6. The Morgan fingerprint density at radius 1 is 1.30 bits per heavy atom. The summed E-state index contributed by atoms with van der Waals surface area (Å²) in [6.45, 7) is 2.56. The number of carbonyl (C=O) groups is 2. The third-order valence-electron chi connectivity index (χ3n) is 2.86. The van der Waals surface area contributed by atoms with E-state index in [1.54, 1.807) is 37.2 Å². The van der Waals surface area contributed by atoms with Gasteiger partial charge in [0.25, 0.3) is 5.91 Å². The molecule has 110 valence electrons. The lowest BCUT2D eigenvalue weighted by molar-refractivity contribution is -0.129. The molecule has 0 unspecified atom stereocenters. The van der Waals surface area contributed by atoms with E-state index in [2.05, 4.69) is 15.9 Å². The van der Waals surface area contributed by atoms with Crippen molar-refractivity contribution in [2.45, 2.75) is 13.3 Å². The molecule has 20 heavy (non-hydrogen) atoms. The van der Waals surface area contributed by atoms with Crippen molar-refractivity contribution in [3.05, 3.63) is 28.2 Å². The maximum atomic E-state index is 12.5. The van der Waals surface area contributed by atoms with Crippen LogP contribution in [0.25, 0.3) is 0 Å². The SMILES string of the molecule is CCCN(CC(=O)N(C)C)C(=O)c1cccc(N)c1Br. The second kappa shape index (κ2) is 7.28. The van der Waals surface area contributed by atoms with Crippen molar-refractivity contribution < 1.29 is 9.59 Å². The lowest BCUT2D eigenvalue weighted by Crippen LogP contribution is -2.40. The van der Waals surface area contributed by atoms with Gasteiger partial charge < -0.3 is 15.5 Å². The third-order valence-corrected chi connectivity index (χ3v) is 3.75. The fraction of sp³-hybridized carbons (Fsp3) is 0.429. The van der Waals surface area contributed by atoms with Gasteiger partial charge in [0.1, 0.15) is 6.54 Å². The van der Waals surface area contributed by atoms with Gasteiger partial charge in [0.05, 0.1) is 10.0 Å². The Morgan fingerprint density at radius 3 is 2.50 bits per heavy atom. The molecular formula is C14H20BrN3O2. The van der Waals surface area contributed by atoms with Crippen LogP contribution >= 0.6 is 15.9 Å². The molecule has 0 fully saturated rings. The molecule has 2 amide bonds. The van der Waals surface area contributed by atoms with Gasteiger partial charge in [-0.2, -0.15) is 0 Å². The van der Waals surface area contributed by atoms with Crippen LogP contribution in [0.3, 0.4) is 0 Å². The number of nitrogen functional groups attached to an aromatic ring is 1. The van der Waals surface area contributed by atoms with Crippen molar-refractivity contribution in [1.29, 1.82) is 0 Å². The summed E-state index contributed by atoms with van der Waals surface area (Å²) in [6.07, 6.45) is 0.784. The minimum absolute atomic E-state index is 0.0703. The normalized spacial score (nSPS) is 10.2. The van der Waals surface area contributed by atoms with E-state index in [0.29, 0.717) is 22.3 Å². The molecule has 2 N–H and O–H groups in total. The van der Waals surface area contributed by atoms with Crippen LogP contribution in [0.4, 0.5) is 5.69 Å². The van der Waals surface area contributed by atoms with Crippen LogP contribution in [0.2, 0.25) is 0 Å². The first kappa shape index (κ1) is 16.5. The summed E-state index contributed by atoms with van der Waals surface area (Å²) in [6, 6.07) is 5.15. The number of likely N-dealkylation sites (N-methyl/N-ethyl adjacent to an activating group) is 1. The van der Waals surface area contributed by atoms with Gasteiger partial charge in [-0.1, -0.05) is 13.0 Å². The summed E-state index contributed by atoms with van der Waals surface area (Å²) in [5.74, 6) is -0.298. The molecule has 0 heterocycles. The van der Waals surface area contributed by atoms with Gasteiger partial charge in [-0.15, -0.1) is 0 Å². The predicted molar refractivity (Wildman–Crippen MR) is 83.4 cm³/mol. The summed E-state index contributed by atoms with van der Waals surface area (Å²) in [5.41, 5.74) is 6.77. The van der Waals surface area contributed by atoms with Crippen molar-refractivity contribution in [3.8, 4) is 0 Å². The highest BCUT2D eigenvalue weighted by Crippen LogP contribution is 2.25. The number of amides is 2. The molecule has 0 saturated heterocycles. The average molecular weight is 342 g/mol. The first-order valence-electron chi connectivity index (χ1n) is 6.41. The fourth-order valence-electron chi connectivity index (χ4n) is 1.71. The van der Waals surface area contributed by atoms with Crippen LogP contribution in [-0.4, -0.2) is 48.8 Å². The van der Waals surface area contributed by atoms with E-state index in [9.17, 15) is 9.59 Å². The molecular weight excluding hydrogens is 322 g/mol. The summed E-state index contributed by atoms with van der Waals surface area (Å²) in [5, 5.41) is 0. The number of nitrogens with zero attached hydrogens (tertiary/aromatic N) is 2. The highest BCUT2D eigenvalue weighted by atomic mass is 79.9. The molecule has 0 aliphatic carbocycles. The minimum atomic E-state index is -0.193. The molecule has 0 aliphatic heterocycles. The minimum Gasteiger partial charge on any atom is -0.398 e. The van der Waals surface area contributed by atoms with Crippen molar-refractivity contribution in [2.24, 2.45) is 0 Å². The Kier molecular flexibility index (Phi) is 6.01. The Bertz CT molecular complexity index is 503. The van der Waals surface area contributed by atoms with Gasteiger partial charge >= 0.3 is 0 Å². The van der Waals surface area contributed by atoms with Gasteiger partial charge in [-0.05, 0) is 34.5 Å². The zero-order chi connectivity index (χ0) is 15.3. The highest BCUT2D eigenvalue weighted by Gasteiger charge is 2.21. The van der Waals surface area contributed by atoms with Crippen LogP contribution in [0.5, 0.6) is 0 Å². The van der Waals surface area contributed by atoms with E-state index in [4.69, 9.17) is 5.73 Å². The molecule has 1 aromatic carbocycles. The Labute approximate surface area is 127 Å². The smallest absolute Gasteiger partial charge is 0.255 e. The summed E-state index contributed by atoms with van der Waals surface area (Å²) in [7, 11) is 3.35. The van der Waals surface area contributed by atoms with Crippen molar-refractivity contribution in [1.82, 2.24) is 9.80 Å². The quantitative estimate of drug-likeness (QED) is 0.832. The lowest BCUT2D eigenvalue weighted by Gasteiger charge is -2.24. The van der Waals surface area contributed by atoms with Crippen molar-refractivity contribution in [3.63, 3.8) is 0 Å². The lowest BCUT2D eigenvalue weighted by atomic mass is 10.1. The van der Waals surface area contributed by atoms with Crippen LogP contribution in [-0.2, 0) is 4.79 Å². The molecule has 0 aliphatic rings. The van der Waals surface area contributed by atoms with Crippen LogP contribution in [0.15, 0.2) is 22.7 Å². The van der Waals surface area contributed by atoms with Crippen molar-refractivity contribution in [2.75, 3.05) is 32.9 Å². The number of halogens is 1. The van der Waals surface area contributed by atoms with Crippen LogP contribution in [0, 0.1) is 0 Å². The second-order valence-corrected chi connectivity index (χ2v) is 5.52. The highest BCUT2D eigenvalue weighted by molar-refractivity contribution is 9.10. The fourth-order valence-corrected chi connectivity index (χ4v) is 2.15. The van der Waals surface area contributed by atoms with Gasteiger partial charge in [-0.25, -0.2) is 0 Å². The molecule has 6 heteroatoms. The van der Waals surface area contributed by atoms with Crippen LogP contribution < -0.4 is 5.73 Å². The topological polar surface area (TPSA) is 66.6 Å². The average Bonchev–Trinajstić information content (AvgIpc) is 2.40. The van der Waals surface area contributed by atoms with Gasteiger partial charge in [0.15, 0.2) is 0 Å². The Morgan fingerprint density at radius 2 is 1.95 bits per heavy atom. The standard InChI is InChI=1S/C14H20BrN3O2/c1-4-8-18(9-12(19)17(2)3)14(20)10-6-5-7-11(16)13(10)15/h5-7H,4,8-9,16H2,1-3H3. The number of carbonyl (C=O) groups excluding carboxylic acids is 2. The van der Waals surface area contributed by atoms with Gasteiger partial charge in [0.2, 0.25) is 5.91 Å². The number of benzene rings is 1. The number of rotatable bonds is 5. The summed E-state index contributed by atoms with van der Waals surface area (Å²) >= 11 is 3.33. The summed E-state index contributed by atoms with van der Waals surface area (Å²) < 4.78 is 0.573. The van der Waals surface area contributed by atoms with E-state index < -0.39 is 0 Å². The predicted octanol–water partition coefficient (Wildman–Crippen LogP) is 1.97. The molecule has 0 spiro atoms. The Balaban J connectivity index is 2.99. The number of nitrogens with two attached hydrogens (primary N) is 1. The number of hydrogen-bond acceptors (Lipinski definition) is 3. The molecule has 0 atom stereocenters. The van der Waals surface area contributed by atoms with E-state index in [1.165, 1.54) is 4.90 Å². The van der Waals surface area contributed by atoms with Crippen molar-refractivity contribution >= 4 is 33.4 Å². The zero-order valence-electron chi connectivity index (χ0n) is 12.0. The largest absolute Gasteiger partial charge is 0.398 e. The van der Waals surface area contributed by atoms with Gasteiger partial charge in [0, 0.05) is 26.3 Å². The van der Waals surface area contributed by atoms with E-state index in [-0.39, 0.29) is 18.4 Å². The number of hydrogen-bond donors (Lipinski definition) is 1. The molecule has 0 saturated carbocycles. The van der Waals surface area contributed by atoms with E-state index in [1.807, 2.05) is 6.92 Å². The van der Waals surface area contributed by atoms with E-state index >= 15 is 0 Å². The first-order valence-corrected chi connectivity index (χ1v) is 7.21. The van der Waals surface area contributed by atoms with Crippen LogP contribution in [0.1, 0.15) is 23.7 Å². The maximum absolute atomic E-state index is 12.5. The number of anilines is 1. The van der Waals surface area contributed by atoms with E-state index in [0.717, 1.165) is 6.42 Å². The monoisotopic (exact) mass is 341 g/mol. The second-order valence-electron chi connectivity index (χ2n) is 4.72. The Hall–Kier alpha value is -1.56. The molecule has 0 bridgehead atoms. The molecule has 0 aromatic heterocycles. The maximum Gasteiger partial charge on any atom is 0.255 e. The first-order chi connectivity index (χ1) is 9.38. The molecule has 1 rings (SSSR count). The summed E-state index contributed by atoms with van der Waals surface area (Å²) in [4.78, 5) is 27.4. The third kappa shape index (κ3) is 3.96. The molecule has 1 aromatic rings. The molecule has 5 nitrogen and oxygen atoms in total. The van der Waals surface area contributed by atoms with Gasteiger partial charge in [-0.3, -0.25) is 9.59 Å².